The Morgan fingerprint density at radius 3 is 2.03 bits per heavy atom. The fourth-order valence-electron chi connectivity index (χ4n) is 3.27. The summed E-state index contributed by atoms with van der Waals surface area (Å²) in [5.41, 5.74) is 3.62. The molecule has 34 heavy (non-hydrogen) atoms. The minimum Gasteiger partial charge on any atom is -0.376 e. The third-order valence-electron chi connectivity index (χ3n) is 4.93. The molecule has 0 radical (unpaired) electrons. The van der Waals surface area contributed by atoms with Crippen LogP contribution < -0.4 is 21.3 Å². The zero-order valence-corrected chi connectivity index (χ0v) is 19.4. The number of amides is 3. The Morgan fingerprint density at radius 1 is 0.735 bits per heavy atom. The van der Waals surface area contributed by atoms with Crippen LogP contribution in [-0.2, 0) is 16.0 Å². The topological polar surface area (TPSA) is 99.3 Å². The van der Waals surface area contributed by atoms with E-state index >= 15 is 0 Å². The van der Waals surface area contributed by atoms with Gasteiger partial charge >= 0.3 is 0 Å². The van der Waals surface area contributed by atoms with E-state index in [0.717, 1.165) is 11.3 Å². The van der Waals surface area contributed by atoms with Crippen molar-refractivity contribution in [3.8, 4) is 0 Å². The van der Waals surface area contributed by atoms with Crippen LogP contribution in [-0.4, -0.2) is 30.3 Å². The second-order valence-electron chi connectivity index (χ2n) is 8.22. The SMILES string of the molecule is CC(C)NC(=O)c1ccc(NCC(=O)Nc2cccc(NC(=O)CCc3ccccc3)c2)cc1. The first-order chi connectivity index (χ1) is 16.4. The molecule has 0 heterocycles. The molecule has 3 aromatic carbocycles. The fourth-order valence-corrected chi connectivity index (χ4v) is 3.27. The van der Waals surface area contributed by atoms with Crippen molar-refractivity contribution in [1.82, 2.24) is 5.32 Å². The summed E-state index contributed by atoms with van der Waals surface area (Å²) >= 11 is 0. The molecule has 176 valence electrons. The smallest absolute Gasteiger partial charge is 0.251 e. The molecule has 3 rings (SSSR count). The van der Waals surface area contributed by atoms with Gasteiger partial charge in [0.05, 0.1) is 6.54 Å². The average molecular weight is 459 g/mol. The molecule has 0 spiro atoms. The Labute approximate surface area is 200 Å². The minimum atomic E-state index is -0.228. The predicted octanol–water partition coefficient (Wildman–Crippen LogP) is 4.45. The lowest BCUT2D eigenvalue weighted by atomic mass is 10.1. The summed E-state index contributed by atoms with van der Waals surface area (Å²) in [6, 6.07) is 23.9. The van der Waals surface area contributed by atoms with Gasteiger partial charge in [-0.25, -0.2) is 0 Å². The van der Waals surface area contributed by atoms with Gasteiger partial charge in [0.25, 0.3) is 5.91 Å². The van der Waals surface area contributed by atoms with Crippen molar-refractivity contribution >= 4 is 34.8 Å². The van der Waals surface area contributed by atoms with Crippen molar-refractivity contribution in [1.29, 1.82) is 0 Å². The average Bonchev–Trinajstić information content (AvgIpc) is 2.82. The van der Waals surface area contributed by atoms with Crippen molar-refractivity contribution in [3.05, 3.63) is 90.0 Å². The van der Waals surface area contributed by atoms with Crippen LogP contribution in [0.25, 0.3) is 0 Å². The highest BCUT2D eigenvalue weighted by atomic mass is 16.2. The molecule has 0 bridgehead atoms. The number of anilines is 3. The predicted molar refractivity (Wildman–Crippen MR) is 136 cm³/mol. The van der Waals surface area contributed by atoms with E-state index in [0.29, 0.717) is 29.8 Å². The maximum atomic E-state index is 12.4. The monoisotopic (exact) mass is 458 g/mol. The van der Waals surface area contributed by atoms with Gasteiger partial charge in [-0.15, -0.1) is 0 Å². The first-order valence-electron chi connectivity index (χ1n) is 11.3. The molecule has 7 heteroatoms. The van der Waals surface area contributed by atoms with Crippen molar-refractivity contribution in [2.75, 3.05) is 22.5 Å². The summed E-state index contributed by atoms with van der Waals surface area (Å²) in [5, 5.41) is 11.6. The van der Waals surface area contributed by atoms with E-state index in [-0.39, 0.29) is 30.3 Å². The summed E-state index contributed by atoms with van der Waals surface area (Å²) in [5.74, 6) is -0.444. The summed E-state index contributed by atoms with van der Waals surface area (Å²) in [7, 11) is 0. The second kappa shape index (κ2) is 12.2. The number of hydrogen-bond acceptors (Lipinski definition) is 4. The van der Waals surface area contributed by atoms with E-state index in [2.05, 4.69) is 21.3 Å². The van der Waals surface area contributed by atoms with E-state index < -0.39 is 0 Å². The lowest BCUT2D eigenvalue weighted by Crippen LogP contribution is -2.30. The molecule has 0 aliphatic rings. The van der Waals surface area contributed by atoms with Crippen LogP contribution in [0.3, 0.4) is 0 Å². The highest BCUT2D eigenvalue weighted by Gasteiger charge is 2.08. The maximum absolute atomic E-state index is 12.4. The lowest BCUT2D eigenvalue weighted by Gasteiger charge is -2.11. The molecule has 0 unspecified atom stereocenters. The van der Waals surface area contributed by atoms with Crippen molar-refractivity contribution in [2.45, 2.75) is 32.7 Å². The first kappa shape index (κ1) is 24.5. The van der Waals surface area contributed by atoms with Crippen LogP contribution in [0.1, 0.15) is 36.2 Å². The van der Waals surface area contributed by atoms with E-state index in [1.54, 1.807) is 48.5 Å². The summed E-state index contributed by atoms with van der Waals surface area (Å²) in [4.78, 5) is 36.6. The molecule has 0 fully saturated rings. The number of benzene rings is 3. The van der Waals surface area contributed by atoms with E-state index in [1.807, 2.05) is 44.2 Å². The Balaban J connectivity index is 1.45. The zero-order valence-electron chi connectivity index (χ0n) is 19.4. The summed E-state index contributed by atoms with van der Waals surface area (Å²) < 4.78 is 0. The van der Waals surface area contributed by atoms with Crippen LogP contribution in [0.4, 0.5) is 17.1 Å². The standard InChI is InChI=1S/C27H30N4O3/c1-19(2)29-27(34)21-12-14-22(15-13-21)28-18-26(33)31-24-10-6-9-23(17-24)30-25(32)16-11-20-7-4-3-5-8-20/h3-10,12-15,17,19,28H,11,16,18H2,1-2H3,(H,29,34)(H,30,32)(H,31,33). The van der Waals surface area contributed by atoms with Gasteiger partial charge in [-0.05, 0) is 68.3 Å². The quantitative estimate of drug-likeness (QED) is 0.361. The van der Waals surface area contributed by atoms with Gasteiger partial charge in [-0.2, -0.15) is 0 Å². The van der Waals surface area contributed by atoms with Crippen molar-refractivity contribution < 1.29 is 14.4 Å². The van der Waals surface area contributed by atoms with Crippen LogP contribution in [0.2, 0.25) is 0 Å². The lowest BCUT2D eigenvalue weighted by molar-refractivity contribution is -0.116. The molecule has 0 atom stereocenters. The highest BCUT2D eigenvalue weighted by molar-refractivity contribution is 5.96. The van der Waals surface area contributed by atoms with E-state index in [1.165, 1.54) is 0 Å². The van der Waals surface area contributed by atoms with Crippen molar-refractivity contribution in [2.24, 2.45) is 0 Å². The van der Waals surface area contributed by atoms with Gasteiger partial charge < -0.3 is 21.3 Å². The van der Waals surface area contributed by atoms with Crippen LogP contribution in [0.5, 0.6) is 0 Å². The molecular formula is C27H30N4O3. The van der Waals surface area contributed by atoms with Gasteiger partial charge in [-0.1, -0.05) is 36.4 Å². The number of aryl methyl sites for hydroxylation is 1. The highest BCUT2D eigenvalue weighted by Crippen LogP contribution is 2.16. The molecule has 3 aromatic rings. The van der Waals surface area contributed by atoms with Gasteiger partial charge in [0.1, 0.15) is 0 Å². The Morgan fingerprint density at radius 2 is 1.38 bits per heavy atom. The molecule has 0 aliphatic heterocycles. The number of carbonyl (C=O) groups is 3. The van der Waals surface area contributed by atoms with Gasteiger partial charge in [-0.3, -0.25) is 14.4 Å². The van der Waals surface area contributed by atoms with Gasteiger partial charge in [0.2, 0.25) is 11.8 Å². The van der Waals surface area contributed by atoms with Gasteiger partial charge in [0, 0.05) is 35.1 Å². The molecule has 0 aliphatic carbocycles. The Kier molecular flexibility index (Phi) is 8.80. The first-order valence-corrected chi connectivity index (χ1v) is 11.3. The number of nitrogens with one attached hydrogen (secondary N) is 4. The fraction of sp³-hybridized carbons (Fsp3) is 0.222. The Bertz CT molecular complexity index is 1110. The summed E-state index contributed by atoms with van der Waals surface area (Å²) in [6.07, 6.45) is 1.04. The molecule has 0 aromatic heterocycles. The third-order valence-corrected chi connectivity index (χ3v) is 4.93. The molecule has 7 nitrogen and oxygen atoms in total. The summed E-state index contributed by atoms with van der Waals surface area (Å²) in [6.45, 7) is 3.87. The van der Waals surface area contributed by atoms with Crippen LogP contribution in [0, 0.1) is 0 Å². The normalized spacial score (nSPS) is 10.4. The molecular weight excluding hydrogens is 428 g/mol. The third kappa shape index (κ3) is 8.09. The molecule has 0 saturated heterocycles. The van der Waals surface area contributed by atoms with Crippen LogP contribution >= 0.6 is 0 Å². The maximum Gasteiger partial charge on any atom is 0.251 e. The largest absolute Gasteiger partial charge is 0.376 e. The van der Waals surface area contributed by atoms with Crippen molar-refractivity contribution in [3.63, 3.8) is 0 Å². The number of hydrogen-bond donors (Lipinski definition) is 4. The number of rotatable bonds is 10. The van der Waals surface area contributed by atoms with Crippen LogP contribution in [0.15, 0.2) is 78.9 Å². The molecule has 0 saturated carbocycles. The number of carbonyl (C=O) groups excluding carboxylic acids is 3. The second-order valence-corrected chi connectivity index (χ2v) is 8.22. The zero-order chi connectivity index (χ0) is 24.3. The van der Waals surface area contributed by atoms with E-state index in [9.17, 15) is 14.4 Å². The molecule has 4 N–H and O–H groups in total. The minimum absolute atomic E-state index is 0.0607. The van der Waals surface area contributed by atoms with E-state index in [4.69, 9.17) is 0 Å². The molecule has 3 amide bonds. The Hall–Kier alpha value is -4.13. The van der Waals surface area contributed by atoms with Gasteiger partial charge in [0.15, 0.2) is 0 Å².